The molecule has 12 aromatic heterocycles. The normalized spacial score (nSPS) is 10.9. The average Bonchev–Trinajstić information content (AvgIpc) is 1.63. The van der Waals surface area contributed by atoms with Crippen LogP contribution in [-0.4, -0.2) is 58.1 Å². The second-order valence-electron chi connectivity index (χ2n) is 35.5. The van der Waals surface area contributed by atoms with Gasteiger partial charge in [0.25, 0.3) is 0 Å². The Balaban J connectivity index is 0.000000138. The summed E-state index contributed by atoms with van der Waals surface area (Å²) in [5, 5.41) is 10.5. The van der Waals surface area contributed by atoms with E-state index in [2.05, 4.69) is 337 Å². The van der Waals surface area contributed by atoms with Crippen molar-refractivity contribution in [1.29, 1.82) is 0 Å². The smallest absolute Gasteiger partial charge is 0.0559 e. The largest absolute Gasteiger partial charge is 0.368 e. The fourth-order valence-electron chi connectivity index (χ4n) is 16.7. The third kappa shape index (κ3) is 25.5. The minimum atomic E-state index is 0. The number of thiophene rings is 4. The summed E-state index contributed by atoms with van der Waals surface area (Å²) in [5.74, 6) is 4.95. The van der Waals surface area contributed by atoms with Crippen molar-refractivity contribution in [1.82, 2.24) is 58.1 Å². The van der Waals surface area contributed by atoms with Crippen molar-refractivity contribution in [2.24, 2.45) is 0 Å². The van der Waals surface area contributed by atoms with Gasteiger partial charge in [-0.1, -0.05) is 170 Å². The van der Waals surface area contributed by atoms with Gasteiger partial charge in [-0.15, -0.1) is 239 Å². The van der Waals surface area contributed by atoms with Crippen LogP contribution in [0.4, 0.5) is 0 Å². The predicted molar refractivity (Wildman–Crippen MR) is 591 cm³/mol. The zero-order valence-electron chi connectivity index (χ0n) is 82.4. The number of benzene rings is 12. The molecular formula is C124H108Ir4N12S4-8. The van der Waals surface area contributed by atoms with Crippen LogP contribution in [0.2, 0.25) is 0 Å². The SMILES string of the molecule is CC(C)c1ccnc(-c2[c-]ccc3c2sc2ccccc23)c1.CC(C)c1ccnc(-c2[c-]ccc3c2sc2ccccc23)c1.CC(C)n1ccnc1-c1[c-]cccc1.CC(C)n1ccnc1-c1[c-]cccc1.CC(C)n1ccnc1-c1[c-]cccc1.CC(C)n1ccnc1-c1[c-]cccc1.Cc1cccc2c1sc1c(-c3ccccn3)[c-]ccc12.Cc1cccc2c1sc1c(-c3ccccn3)[c-]ccc12.[Ir].[Ir].[Ir].[Ir]. The second kappa shape index (κ2) is 51.9. The number of aryl methyl sites for hydroxylation is 2. The first-order chi connectivity index (χ1) is 68.3. The molecule has 12 heterocycles. The summed E-state index contributed by atoms with van der Waals surface area (Å²) in [6.45, 7) is 30.4. The van der Waals surface area contributed by atoms with E-state index in [4.69, 9.17) is 0 Å². The van der Waals surface area contributed by atoms with Gasteiger partial charge in [-0.05, 0) is 192 Å². The molecule has 144 heavy (non-hydrogen) atoms. The minimum Gasteiger partial charge on any atom is -0.368 e. The molecule has 0 amide bonds. The number of imidazole rings is 4. The maximum Gasteiger partial charge on any atom is 0.0559 e. The van der Waals surface area contributed by atoms with E-state index in [0.29, 0.717) is 36.0 Å². The minimum absolute atomic E-state index is 0. The Labute approximate surface area is 915 Å². The van der Waals surface area contributed by atoms with Crippen molar-refractivity contribution in [3.8, 4) is 90.6 Å². The number of aromatic nitrogens is 12. The molecule has 0 bridgehead atoms. The number of fused-ring (bicyclic) bond motifs is 12. The first-order valence-corrected chi connectivity index (χ1v) is 50.6. The molecule has 0 aliphatic rings. The Bertz CT molecular complexity index is 7550. The first-order valence-electron chi connectivity index (χ1n) is 47.4. The first kappa shape index (κ1) is 109. The molecule has 4 radical (unpaired) electrons. The molecule has 0 unspecified atom stereocenters. The van der Waals surface area contributed by atoms with Crippen LogP contribution in [0, 0.1) is 62.4 Å². The molecular weight excluding hydrogens is 2550 g/mol. The van der Waals surface area contributed by atoms with Crippen molar-refractivity contribution >= 4 is 126 Å². The summed E-state index contributed by atoms with van der Waals surface area (Å²) in [5.41, 5.74) is 17.9. The van der Waals surface area contributed by atoms with E-state index < -0.39 is 0 Å². The van der Waals surface area contributed by atoms with Crippen LogP contribution in [0.1, 0.15) is 141 Å². The summed E-state index contributed by atoms with van der Waals surface area (Å²) in [6, 6.07) is 127. The summed E-state index contributed by atoms with van der Waals surface area (Å²) in [7, 11) is 0. The monoisotopic (exact) mass is 2660 g/mol. The topological polar surface area (TPSA) is 123 Å². The third-order valence-electron chi connectivity index (χ3n) is 23.9. The Morgan fingerprint density at radius 2 is 0.493 bits per heavy atom. The Hall–Kier alpha value is -12.4. The molecule has 0 aliphatic heterocycles. The summed E-state index contributed by atoms with van der Waals surface area (Å²) in [6.07, 6.45) is 22.8. The van der Waals surface area contributed by atoms with Crippen LogP contribution in [0.5, 0.6) is 0 Å². The van der Waals surface area contributed by atoms with E-state index in [1.165, 1.54) is 103 Å². The summed E-state index contributed by atoms with van der Waals surface area (Å²) >= 11 is 7.33. The second-order valence-corrected chi connectivity index (χ2v) is 39.6. The Kier molecular flexibility index (Phi) is 39.2. The van der Waals surface area contributed by atoms with E-state index in [0.717, 1.165) is 90.6 Å². The van der Waals surface area contributed by atoms with Gasteiger partial charge in [0.1, 0.15) is 0 Å². The standard InChI is InChI=1S/2C20H16NS.2C18H12NS.4C12H13N2.4Ir/c2*1-13(2)14-10-11-21-18(12-14)17-8-5-7-16-15-6-3-4-9-19(15)22-20(16)17;2*1-12-6-4-7-13-14-8-5-9-15(18(14)20-17(12)13)16-10-2-3-11-19-16;4*1-10(2)14-9-8-13-12(14)11-6-4-3-5-7-11;;;;/h2*3-7,9-13H,1-2H3;2*2-8,10-11H,1H3;4*3-6,8-10H,1-2H3;;;;/q8*-1;;;;. The van der Waals surface area contributed by atoms with Crippen molar-refractivity contribution < 1.29 is 80.4 Å². The van der Waals surface area contributed by atoms with Crippen molar-refractivity contribution in [3.05, 3.63) is 436 Å². The average molecular weight is 2660 g/mol. The Morgan fingerprint density at radius 1 is 0.222 bits per heavy atom. The van der Waals surface area contributed by atoms with Gasteiger partial charge in [-0.3, -0.25) is 19.9 Å². The molecule has 20 heteroatoms. The van der Waals surface area contributed by atoms with Gasteiger partial charge >= 0.3 is 0 Å². The van der Waals surface area contributed by atoms with E-state index in [1.807, 2.05) is 277 Å². The van der Waals surface area contributed by atoms with Gasteiger partial charge in [-0.2, -0.15) is 45.3 Å². The zero-order valence-corrected chi connectivity index (χ0v) is 95.3. The van der Waals surface area contributed by atoms with Gasteiger partial charge in [0.2, 0.25) is 0 Å². The molecule has 0 spiro atoms. The zero-order chi connectivity index (χ0) is 97.1. The number of rotatable bonds is 14. The van der Waals surface area contributed by atoms with Gasteiger partial charge in [0, 0.05) is 198 Å². The quantitative estimate of drug-likeness (QED) is 0.0987. The molecule has 12 aromatic carbocycles. The fraction of sp³-hybridized carbons (Fsp3) is 0.161. The summed E-state index contributed by atoms with van der Waals surface area (Å²) < 4.78 is 19.0. The maximum absolute atomic E-state index is 4.59. The van der Waals surface area contributed by atoms with Crippen LogP contribution in [0.25, 0.3) is 171 Å². The number of hydrogen-bond acceptors (Lipinski definition) is 12. The van der Waals surface area contributed by atoms with Crippen LogP contribution >= 0.6 is 45.3 Å². The number of hydrogen-bond donors (Lipinski definition) is 0. The number of pyridine rings is 4. The van der Waals surface area contributed by atoms with E-state index in [-0.39, 0.29) is 80.4 Å². The Morgan fingerprint density at radius 3 is 0.785 bits per heavy atom. The van der Waals surface area contributed by atoms with E-state index in [1.54, 1.807) is 0 Å². The van der Waals surface area contributed by atoms with E-state index in [9.17, 15) is 0 Å². The van der Waals surface area contributed by atoms with Crippen molar-refractivity contribution in [3.63, 3.8) is 0 Å². The molecule has 24 rings (SSSR count). The van der Waals surface area contributed by atoms with Gasteiger partial charge in [0.05, 0.1) is 23.3 Å². The third-order valence-corrected chi connectivity index (χ3v) is 29.1. The summed E-state index contributed by atoms with van der Waals surface area (Å²) in [4.78, 5) is 35.5. The molecule has 0 saturated carbocycles. The van der Waals surface area contributed by atoms with Crippen LogP contribution in [0.15, 0.2) is 366 Å². The maximum atomic E-state index is 4.59. The van der Waals surface area contributed by atoms with Crippen LogP contribution in [-0.2, 0) is 80.4 Å². The molecule has 24 aromatic rings. The van der Waals surface area contributed by atoms with Crippen molar-refractivity contribution in [2.75, 3.05) is 0 Å². The molecule has 732 valence electrons. The predicted octanol–water partition coefficient (Wildman–Crippen LogP) is 34.2. The van der Waals surface area contributed by atoms with Gasteiger partial charge < -0.3 is 38.2 Å². The molecule has 12 nitrogen and oxygen atoms in total. The van der Waals surface area contributed by atoms with E-state index >= 15 is 0 Å². The molecule has 0 saturated heterocycles. The molecule has 0 fully saturated rings. The van der Waals surface area contributed by atoms with Crippen LogP contribution < -0.4 is 0 Å². The van der Waals surface area contributed by atoms with Crippen molar-refractivity contribution in [2.45, 2.75) is 133 Å². The molecule has 0 aliphatic carbocycles. The van der Waals surface area contributed by atoms with Gasteiger partial charge in [-0.25, -0.2) is 0 Å². The van der Waals surface area contributed by atoms with Gasteiger partial charge in [0.15, 0.2) is 0 Å². The molecule has 0 N–H and O–H groups in total. The number of nitrogens with zero attached hydrogens (tertiary/aromatic N) is 12. The van der Waals surface area contributed by atoms with Crippen LogP contribution in [0.3, 0.4) is 0 Å². The molecule has 0 atom stereocenters. The fourth-order valence-corrected chi connectivity index (χ4v) is 21.7.